The summed E-state index contributed by atoms with van der Waals surface area (Å²) in [6, 6.07) is -10.6. The number of ether oxygens (including phenoxy) is 1. The lowest BCUT2D eigenvalue weighted by atomic mass is 9.58. The third-order valence-electron chi connectivity index (χ3n) is 24.3. The van der Waals surface area contributed by atoms with Crippen LogP contribution in [-0.2, 0) is 62.3 Å². The molecule has 7 aliphatic rings. The van der Waals surface area contributed by atoms with Crippen LogP contribution in [0.25, 0.3) is 0 Å². The van der Waals surface area contributed by atoms with E-state index in [2.05, 4.69) is 22.9 Å². The van der Waals surface area contributed by atoms with Crippen LogP contribution in [0, 0.1) is 40.9 Å². The Kier molecular flexibility index (Phi) is 31.3. The monoisotopic (exact) mass is 1530 g/mol. The lowest BCUT2D eigenvalue weighted by Crippen LogP contribution is -2.71. The van der Waals surface area contributed by atoms with Gasteiger partial charge in [-0.3, -0.25) is 57.5 Å². The van der Waals surface area contributed by atoms with Gasteiger partial charge in [-0.1, -0.05) is 112 Å². The lowest BCUT2D eigenvalue weighted by Gasteiger charge is -2.54. The van der Waals surface area contributed by atoms with Gasteiger partial charge in [-0.05, 0) is 125 Å². The second kappa shape index (κ2) is 38.3. The van der Waals surface area contributed by atoms with Crippen LogP contribution < -0.4 is 16.0 Å². The van der Waals surface area contributed by atoms with Gasteiger partial charge in [0.15, 0.2) is 0 Å². The van der Waals surface area contributed by atoms with Gasteiger partial charge in [-0.25, -0.2) is 8.78 Å². The number of hydrogen-bond acceptors (Lipinski definition) is 13. The van der Waals surface area contributed by atoms with Gasteiger partial charge in [-0.2, -0.15) is 13.2 Å². The summed E-state index contributed by atoms with van der Waals surface area (Å²) >= 11 is 0. The van der Waals surface area contributed by atoms with Crippen LogP contribution in [0.4, 0.5) is 22.0 Å². The van der Waals surface area contributed by atoms with Gasteiger partial charge >= 0.3 is 6.18 Å². The zero-order chi connectivity index (χ0) is 80.2. The van der Waals surface area contributed by atoms with Crippen LogP contribution in [0.3, 0.4) is 0 Å². The Morgan fingerprint density at radius 2 is 1.31 bits per heavy atom. The molecule has 3 heterocycles. The molecule has 0 aromatic carbocycles. The zero-order valence-electron chi connectivity index (χ0n) is 66.7. The molecule has 108 heavy (non-hydrogen) atoms. The van der Waals surface area contributed by atoms with E-state index in [4.69, 9.17) is 4.74 Å². The van der Waals surface area contributed by atoms with Crippen molar-refractivity contribution < 1.29 is 84.2 Å². The molecule has 4 aliphatic carbocycles. The number of alkyl halides is 5. The van der Waals surface area contributed by atoms with Crippen LogP contribution in [0.2, 0.25) is 0 Å². The van der Waals surface area contributed by atoms with E-state index < -0.39 is 217 Å². The van der Waals surface area contributed by atoms with Gasteiger partial charge < -0.3 is 64.8 Å². The molecule has 3 aliphatic heterocycles. The molecule has 2 unspecified atom stereocenters. The number of hydrogen-bond donors (Lipinski definition) is 3. The van der Waals surface area contributed by atoms with E-state index in [9.17, 15) is 37.1 Å². The minimum Gasteiger partial charge on any atom is -0.377 e. The standard InChI is InChI=1S/C78H125F5N12O13/c1-16-25-56-67(99)85-65(48(6)18-3)73(105)93(35-17-2)44-63(98)90(13)57-28-21-20-24-36-94(72(57)104)60(39-49-31-29-47(5)30-32-49)71(103)88(11)43-61(96)84-55(34-33-50-37-53(79)64(54(80)38-50)78(81,82)83)69(101)95-42-52(108-19-4)40-58(95)68(100)86-77(45-76(7,8)46-77)75(107)92(15)66(51-26-22-23-27-51)74(106)91(14)59(70(102)87(9)10)41-62(97)89(56)12/h20-21,47-60,64-66H,16-19,22-46H2,1-15H3,(H,84,96)(H,85,99)(H,86,100)/b21-20-/t47?,48-,49?,50?,52+,53?,54?,55-,56-,57-,58-,59-,60-,64?,65-,66-/m0/s1. The molecule has 12 atom stereocenters. The van der Waals surface area contributed by atoms with Gasteiger partial charge in [0.05, 0.1) is 25.6 Å². The molecular weight excluding hydrogens is 1410 g/mol. The van der Waals surface area contributed by atoms with Crippen LogP contribution in [0.15, 0.2) is 12.2 Å². The highest BCUT2D eigenvalue weighted by molar-refractivity contribution is 6.01. The smallest absolute Gasteiger partial charge is 0.377 e. The first-order chi connectivity index (χ1) is 50.7. The quantitative estimate of drug-likeness (QED) is 0.110. The molecule has 4 saturated carbocycles. The Morgan fingerprint density at radius 3 is 1.89 bits per heavy atom. The fraction of sp³-hybridized carbons (Fsp3) is 0.821. The number of amides is 12. The number of likely N-dealkylation sites (N-methyl/N-ethyl adjacent to an activating group) is 6. The van der Waals surface area contributed by atoms with E-state index in [0.29, 0.717) is 57.3 Å². The molecule has 0 aromatic heterocycles. The van der Waals surface area contributed by atoms with E-state index >= 15 is 42.3 Å². The Balaban J connectivity index is 1.34. The van der Waals surface area contributed by atoms with Crippen molar-refractivity contribution in [2.24, 2.45) is 40.9 Å². The van der Waals surface area contributed by atoms with Crippen molar-refractivity contribution >= 4 is 70.9 Å². The lowest BCUT2D eigenvalue weighted by molar-refractivity contribution is -0.219. The molecule has 2 saturated heterocycles. The molecule has 0 radical (unpaired) electrons. The Labute approximate surface area is 635 Å². The number of halogens is 5. The Morgan fingerprint density at radius 1 is 0.676 bits per heavy atom. The summed E-state index contributed by atoms with van der Waals surface area (Å²) in [6.45, 7) is 13.6. The predicted octanol–water partition coefficient (Wildman–Crippen LogP) is 6.98. The van der Waals surface area contributed by atoms with Crippen LogP contribution >= 0.6 is 0 Å². The SMILES string of the molecule is CCC[C@H]1C(=O)N[C@@H]([C@@H](C)CC)C(=O)N(CCC)CC(=O)N(C)[C@H]2C/C=C\CCN(C2=O)[C@@H](CC2CCC(C)CC2)C(=O)N(C)CC(=O)N[C@@H](CCC2CC(F)C(C(F)(F)F)C(F)C2)C(=O)N2C[C@H](OCC)C[C@H]2C(=O)NC2(CC(C)(C)C2)C(=O)N(C)[C@@H](C2CCCC2)C(=O)N(C)[C@H](C(=O)N(C)C)CC(=O)N1C. The Hall–Kier alpha value is -7.01. The maximum absolute atomic E-state index is 15.8. The van der Waals surface area contributed by atoms with E-state index in [1.54, 1.807) is 19.9 Å². The number of nitrogens with zero attached hydrogens (tertiary/aromatic N) is 9. The predicted molar refractivity (Wildman–Crippen MR) is 395 cm³/mol. The van der Waals surface area contributed by atoms with Crippen LogP contribution in [0.5, 0.6) is 0 Å². The minimum absolute atomic E-state index is 0.0180. The summed E-state index contributed by atoms with van der Waals surface area (Å²) in [5, 5.41) is 8.71. The van der Waals surface area contributed by atoms with Crippen LogP contribution in [-0.4, -0.2) is 282 Å². The fourth-order valence-corrected chi connectivity index (χ4v) is 18.1. The third-order valence-corrected chi connectivity index (χ3v) is 24.3. The molecule has 30 heteroatoms. The molecule has 0 aromatic rings. The summed E-state index contributed by atoms with van der Waals surface area (Å²) in [6.07, 6.45) is -2.99. The van der Waals surface area contributed by atoms with Crippen molar-refractivity contribution in [2.75, 3.05) is 88.7 Å². The first kappa shape index (κ1) is 88.2. The summed E-state index contributed by atoms with van der Waals surface area (Å²) in [5.41, 5.74) is -2.28. The maximum atomic E-state index is 15.8. The van der Waals surface area contributed by atoms with Crippen molar-refractivity contribution in [3.05, 3.63) is 12.2 Å². The van der Waals surface area contributed by atoms with E-state index in [0.717, 1.165) is 35.5 Å². The summed E-state index contributed by atoms with van der Waals surface area (Å²) in [4.78, 5) is 194. The van der Waals surface area contributed by atoms with E-state index in [-0.39, 0.29) is 77.1 Å². The largest absolute Gasteiger partial charge is 0.397 e. The molecule has 3 N–H and O–H groups in total. The highest BCUT2D eigenvalue weighted by atomic mass is 19.4. The number of rotatable bonds is 15. The number of nitrogens with one attached hydrogen (secondary N) is 3. The molecular formula is C78H125F5N12O13. The number of carbonyl (C=O) groups is 12. The zero-order valence-corrected chi connectivity index (χ0v) is 66.7. The van der Waals surface area contributed by atoms with E-state index in [1.165, 1.54) is 83.6 Å². The summed E-state index contributed by atoms with van der Waals surface area (Å²) < 4.78 is 79.2. The highest BCUT2D eigenvalue weighted by Crippen LogP contribution is 2.50. The summed E-state index contributed by atoms with van der Waals surface area (Å²) in [7, 11) is 9.98. The van der Waals surface area contributed by atoms with Crippen molar-refractivity contribution in [3.63, 3.8) is 0 Å². The first-order valence-corrected chi connectivity index (χ1v) is 39.7. The van der Waals surface area contributed by atoms with E-state index in [1.807, 2.05) is 40.7 Å². The average Bonchev–Trinajstić information content (AvgIpc) is 0.907. The van der Waals surface area contributed by atoms with Crippen molar-refractivity contribution in [2.45, 2.75) is 282 Å². The first-order valence-electron chi connectivity index (χ1n) is 39.7. The molecule has 2 bridgehead atoms. The Bertz CT molecular complexity index is 3200. The van der Waals surface area contributed by atoms with Crippen LogP contribution in [0.1, 0.15) is 203 Å². The second-order valence-corrected chi connectivity index (χ2v) is 33.4. The molecule has 6 fully saturated rings. The summed E-state index contributed by atoms with van der Waals surface area (Å²) in [5.74, 6) is -12.9. The highest BCUT2D eigenvalue weighted by Gasteiger charge is 2.60. The van der Waals surface area contributed by atoms with Crippen molar-refractivity contribution in [3.8, 4) is 0 Å². The normalized spacial score (nSPS) is 32.3. The van der Waals surface area contributed by atoms with Gasteiger partial charge in [0.25, 0.3) is 0 Å². The molecule has 1 spiro atoms. The topological polar surface area (TPSA) is 279 Å². The molecule has 25 nitrogen and oxygen atoms in total. The van der Waals surface area contributed by atoms with Crippen molar-refractivity contribution in [1.82, 2.24) is 60.0 Å². The van der Waals surface area contributed by atoms with Crippen molar-refractivity contribution in [1.29, 1.82) is 0 Å². The van der Waals surface area contributed by atoms with Gasteiger partial charge in [-0.15, -0.1) is 0 Å². The number of carbonyl (C=O) groups excluding carboxylic acids is 12. The van der Waals surface area contributed by atoms with Gasteiger partial charge in [0.1, 0.15) is 72.1 Å². The molecule has 610 valence electrons. The van der Waals surface area contributed by atoms with Gasteiger partial charge in [0, 0.05) is 82.0 Å². The average molecular weight is 1530 g/mol. The van der Waals surface area contributed by atoms with Gasteiger partial charge in [0.2, 0.25) is 70.9 Å². The minimum atomic E-state index is -5.18. The second-order valence-electron chi connectivity index (χ2n) is 33.4. The fourth-order valence-electron chi connectivity index (χ4n) is 18.1. The third kappa shape index (κ3) is 21.4. The molecule has 12 amide bonds. The number of fused-ring (bicyclic) bond motifs is 3. The maximum Gasteiger partial charge on any atom is 0.397 e. The molecule has 7 rings (SSSR count).